The van der Waals surface area contributed by atoms with Gasteiger partial charge < -0.3 is 11.1 Å². The van der Waals surface area contributed by atoms with E-state index >= 15 is 0 Å². The van der Waals surface area contributed by atoms with Crippen LogP contribution in [0, 0.1) is 17.3 Å². The van der Waals surface area contributed by atoms with E-state index in [2.05, 4.69) is 26.1 Å². The molecule has 0 aromatic rings. The van der Waals surface area contributed by atoms with Crippen LogP contribution >= 0.6 is 0 Å². The molecule has 1 aliphatic carbocycles. The van der Waals surface area contributed by atoms with Gasteiger partial charge in [-0.05, 0) is 37.5 Å². The molecular formula is C18H36N2O. The van der Waals surface area contributed by atoms with Gasteiger partial charge in [0.1, 0.15) is 0 Å². The van der Waals surface area contributed by atoms with Crippen LogP contribution in [0.2, 0.25) is 0 Å². The lowest BCUT2D eigenvalue weighted by Gasteiger charge is -2.31. The molecule has 0 heterocycles. The van der Waals surface area contributed by atoms with Gasteiger partial charge in [-0.15, -0.1) is 0 Å². The molecule has 1 amide bonds. The molecule has 3 heteroatoms. The van der Waals surface area contributed by atoms with E-state index in [0.29, 0.717) is 6.54 Å². The molecule has 2 unspecified atom stereocenters. The van der Waals surface area contributed by atoms with Gasteiger partial charge in [-0.3, -0.25) is 4.79 Å². The maximum absolute atomic E-state index is 12.6. The molecule has 1 aliphatic rings. The third kappa shape index (κ3) is 5.61. The molecule has 0 saturated heterocycles. The van der Waals surface area contributed by atoms with Crippen LogP contribution in [0.5, 0.6) is 0 Å². The van der Waals surface area contributed by atoms with E-state index in [-0.39, 0.29) is 11.3 Å². The largest absolute Gasteiger partial charge is 0.356 e. The summed E-state index contributed by atoms with van der Waals surface area (Å²) in [4.78, 5) is 12.6. The second kappa shape index (κ2) is 9.45. The Hall–Kier alpha value is -0.570. The van der Waals surface area contributed by atoms with Gasteiger partial charge in [0.05, 0.1) is 5.41 Å². The van der Waals surface area contributed by atoms with Crippen LogP contribution in [0.25, 0.3) is 0 Å². The fraction of sp³-hybridized carbons (Fsp3) is 0.944. The van der Waals surface area contributed by atoms with Crippen LogP contribution in [0.3, 0.4) is 0 Å². The first-order valence-electron chi connectivity index (χ1n) is 9.06. The summed E-state index contributed by atoms with van der Waals surface area (Å²) < 4.78 is 0. The third-order valence-corrected chi connectivity index (χ3v) is 5.21. The van der Waals surface area contributed by atoms with E-state index in [0.717, 1.165) is 50.5 Å². The van der Waals surface area contributed by atoms with E-state index in [1.165, 1.54) is 25.7 Å². The van der Waals surface area contributed by atoms with Crippen molar-refractivity contribution in [2.75, 3.05) is 13.1 Å². The highest BCUT2D eigenvalue weighted by Crippen LogP contribution is 2.31. The fourth-order valence-electron chi connectivity index (χ4n) is 4.01. The molecule has 3 N–H and O–H groups in total. The van der Waals surface area contributed by atoms with E-state index in [9.17, 15) is 4.79 Å². The van der Waals surface area contributed by atoms with E-state index in [1.54, 1.807) is 0 Å². The number of amides is 1. The van der Waals surface area contributed by atoms with Gasteiger partial charge >= 0.3 is 0 Å². The SMILES string of the molecule is CCCC(CN)(CCC)C(=O)NCCC1CCCC(C)C1. The molecule has 3 nitrogen and oxygen atoms in total. The average Bonchev–Trinajstić information content (AvgIpc) is 2.47. The Morgan fingerprint density at radius 3 is 2.43 bits per heavy atom. The molecule has 1 saturated carbocycles. The Morgan fingerprint density at radius 1 is 1.24 bits per heavy atom. The molecule has 1 fully saturated rings. The summed E-state index contributed by atoms with van der Waals surface area (Å²) in [6.45, 7) is 7.92. The average molecular weight is 296 g/mol. The van der Waals surface area contributed by atoms with Crippen LogP contribution in [0.15, 0.2) is 0 Å². The van der Waals surface area contributed by atoms with Crippen molar-refractivity contribution in [2.45, 2.75) is 78.6 Å². The summed E-state index contributed by atoms with van der Waals surface area (Å²) in [6.07, 6.45) is 10.4. The highest BCUT2D eigenvalue weighted by atomic mass is 16.2. The van der Waals surface area contributed by atoms with Crippen molar-refractivity contribution < 1.29 is 4.79 Å². The first kappa shape index (κ1) is 18.5. The zero-order valence-electron chi connectivity index (χ0n) is 14.4. The summed E-state index contributed by atoms with van der Waals surface area (Å²) in [5, 5.41) is 3.19. The van der Waals surface area contributed by atoms with Crippen LogP contribution < -0.4 is 11.1 Å². The van der Waals surface area contributed by atoms with Crippen molar-refractivity contribution in [1.82, 2.24) is 5.32 Å². The second-order valence-electron chi connectivity index (χ2n) is 7.17. The van der Waals surface area contributed by atoms with Crippen LogP contribution in [-0.4, -0.2) is 19.0 Å². The van der Waals surface area contributed by atoms with Gasteiger partial charge in [0.2, 0.25) is 5.91 Å². The molecule has 124 valence electrons. The smallest absolute Gasteiger partial charge is 0.227 e. The monoisotopic (exact) mass is 296 g/mol. The lowest BCUT2D eigenvalue weighted by Crippen LogP contribution is -2.46. The van der Waals surface area contributed by atoms with Gasteiger partial charge in [0.15, 0.2) is 0 Å². The lowest BCUT2D eigenvalue weighted by molar-refractivity contribution is -0.131. The maximum Gasteiger partial charge on any atom is 0.227 e. The molecule has 21 heavy (non-hydrogen) atoms. The number of carbonyl (C=O) groups is 1. The Kier molecular flexibility index (Phi) is 8.31. The zero-order chi connectivity index (χ0) is 15.7. The van der Waals surface area contributed by atoms with Gasteiger partial charge in [0, 0.05) is 13.1 Å². The van der Waals surface area contributed by atoms with Gasteiger partial charge in [0.25, 0.3) is 0 Å². The Balaban J connectivity index is 2.42. The van der Waals surface area contributed by atoms with Crippen molar-refractivity contribution in [1.29, 1.82) is 0 Å². The van der Waals surface area contributed by atoms with Gasteiger partial charge in [-0.2, -0.15) is 0 Å². The minimum atomic E-state index is -0.330. The van der Waals surface area contributed by atoms with Crippen molar-refractivity contribution in [2.24, 2.45) is 23.0 Å². The highest BCUT2D eigenvalue weighted by Gasteiger charge is 2.35. The van der Waals surface area contributed by atoms with E-state index in [1.807, 2.05) is 0 Å². The topological polar surface area (TPSA) is 55.1 Å². The molecule has 0 radical (unpaired) electrons. The lowest BCUT2D eigenvalue weighted by atomic mass is 9.78. The summed E-state index contributed by atoms with van der Waals surface area (Å²) in [7, 11) is 0. The summed E-state index contributed by atoms with van der Waals surface area (Å²) in [5.41, 5.74) is 5.62. The normalized spacial score (nSPS) is 23.0. The Morgan fingerprint density at radius 2 is 1.90 bits per heavy atom. The number of rotatable bonds is 9. The predicted octanol–water partition coefficient (Wildman–Crippen LogP) is 3.86. The minimum Gasteiger partial charge on any atom is -0.356 e. The standard InChI is InChI=1S/C18H36N2O/c1-4-10-18(14-19,11-5-2)17(21)20-12-9-16-8-6-7-15(3)13-16/h15-16H,4-14,19H2,1-3H3,(H,20,21). The molecule has 1 rings (SSSR count). The summed E-state index contributed by atoms with van der Waals surface area (Å²) in [5.74, 6) is 1.86. The van der Waals surface area contributed by atoms with Gasteiger partial charge in [-0.25, -0.2) is 0 Å². The van der Waals surface area contributed by atoms with Crippen molar-refractivity contribution in [3.63, 3.8) is 0 Å². The van der Waals surface area contributed by atoms with Crippen LogP contribution in [0.4, 0.5) is 0 Å². The van der Waals surface area contributed by atoms with E-state index in [4.69, 9.17) is 5.73 Å². The van der Waals surface area contributed by atoms with Gasteiger partial charge in [-0.1, -0.05) is 52.9 Å². The Labute approximate surface area is 131 Å². The van der Waals surface area contributed by atoms with Crippen LogP contribution in [0.1, 0.15) is 78.6 Å². The number of nitrogens with two attached hydrogens (primary N) is 1. The van der Waals surface area contributed by atoms with Crippen molar-refractivity contribution in [3.05, 3.63) is 0 Å². The predicted molar refractivity (Wildman–Crippen MR) is 90.1 cm³/mol. The fourth-order valence-corrected chi connectivity index (χ4v) is 4.01. The number of nitrogens with one attached hydrogen (secondary N) is 1. The maximum atomic E-state index is 12.6. The number of hydrogen-bond donors (Lipinski definition) is 2. The molecule has 0 aromatic carbocycles. The number of hydrogen-bond acceptors (Lipinski definition) is 2. The summed E-state index contributed by atoms with van der Waals surface area (Å²) in [6, 6.07) is 0. The number of carbonyl (C=O) groups excluding carboxylic acids is 1. The quantitative estimate of drug-likeness (QED) is 0.678. The molecule has 0 aliphatic heterocycles. The molecule has 0 bridgehead atoms. The third-order valence-electron chi connectivity index (χ3n) is 5.21. The van der Waals surface area contributed by atoms with Crippen molar-refractivity contribution in [3.8, 4) is 0 Å². The van der Waals surface area contributed by atoms with Crippen molar-refractivity contribution >= 4 is 5.91 Å². The molecular weight excluding hydrogens is 260 g/mol. The Bertz CT molecular complexity index is 298. The van der Waals surface area contributed by atoms with E-state index < -0.39 is 0 Å². The van der Waals surface area contributed by atoms with Crippen LogP contribution in [-0.2, 0) is 4.79 Å². The zero-order valence-corrected chi connectivity index (χ0v) is 14.4. The minimum absolute atomic E-state index is 0.192. The summed E-state index contributed by atoms with van der Waals surface area (Å²) >= 11 is 0. The molecule has 2 atom stereocenters. The second-order valence-corrected chi connectivity index (χ2v) is 7.17. The highest BCUT2D eigenvalue weighted by molar-refractivity contribution is 5.82. The first-order valence-corrected chi connectivity index (χ1v) is 9.06. The molecule has 0 aromatic heterocycles. The first-order chi connectivity index (χ1) is 10.1. The molecule has 0 spiro atoms.